The molecule has 2 nitrogen and oxygen atoms in total. The highest BCUT2D eigenvalue weighted by molar-refractivity contribution is 5.23. The molecule has 2 saturated heterocycles. The van der Waals surface area contributed by atoms with Crippen molar-refractivity contribution in [3.05, 3.63) is 35.4 Å². The zero-order valence-corrected chi connectivity index (χ0v) is 11.3. The molecule has 3 rings (SSSR count). The predicted molar refractivity (Wildman–Crippen MR) is 70.9 cm³/mol. The topological polar surface area (TPSA) is 6.48 Å². The third kappa shape index (κ3) is 2.51. The van der Waals surface area contributed by atoms with E-state index >= 15 is 0 Å². The molecule has 1 aromatic rings. The van der Waals surface area contributed by atoms with Crippen LogP contribution in [0.4, 0.5) is 8.78 Å². The van der Waals surface area contributed by atoms with E-state index in [1.54, 1.807) is 6.07 Å². The zero-order valence-electron chi connectivity index (χ0n) is 11.3. The first-order chi connectivity index (χ1) is 9.15. The number of nitrogens with zero attached hydrogens (tertiary/aromatic N) is 2. The Bertz CT molecular complexity index is 463. The minimum Gasteiger partial charge on any atom is -0.305 e. The van der Waals surface area contributed by atoms with E-state index in [1.807, 2.05) is 0 Å². The SMILES string of the molecule is CN1CCC(N2CCCC2c2ccc(F)cc2F)C1. The van der Waals surface area contributed by atoms with Gasteiger partial charge in [-0.1, -0.05) is 6.07 Å². The van der Waals surface area contributed by atoms with Crippen molar-refractivity contribution in [3.8, 4) is 0 Å². The molecule has 0 aromatic heterocycles. The van der Waals surface area contributed by atoms with Crippen molar-refractivity contribution in [2.75, 3.05) is 26.7 Å². The fourth-order valence-electron chi connectivity index (χ4n) is 3.51. The molecule has 2 heterocycles. The molecule has 4 heteroatoms. The van der Waals surface area contributed by atoms with Gasteiger partial charge in [-0.05, 0) is 45.5 Å². The van der Waals surface area contributed by atoms with Crippen molar-refractivity contribution in [2.24, 2.45) is 0 Å². The van der Waals surface area contributed by atoms with E-state index in [9.17, 15) is 8.78 Å². The highest BCUT2D eigenvalue weighted by atomic mass is 19.1. The molecule has 2 atom stereocenters. The molecule has 2 aliphatic heterocycles. The molecule has 0 radical (unpaired) electrons. The summed E-state index contributed by atoms with van der Waals surface area (Å²) in [5.74, 6) is -0.894. The van der Waals surface area contributed by atoms with Crippen LogP contribution in [0, 0.1) is 11.6 Å². The summed E-state index contributed by atoms with van der Waals surface area (Å²) in [7, 11) is 2.13. The van der Waals surface area contributed by atoms with Crippen LogP contribution in [0.25, 0.3) is 0 Å². The second kappa shape index (κ2) is 5.17. The average molecular weight is 266 g/mol. The molecule has 0 N–H and O–H groups in total. The summed E-state index contributed by atoms with van der Waals surface area (Å²) in [5.41, 5.74) is 0.661. The van der Waals surface area contributed by atoms with Gasteiger partial charge in [0, 0.05) is 30.3 Å². The van der Waals surface area contributed by atoms with Gasteiger partial charge in [0.15, 0.2) is 0 Å². The molecule has 0 saturated carbocycles. The van der Waals surface area contributed by atoms with Gasteiger partial charge in [0.1, 0.15) is 11.6 Å². The average Bonchev–Trinajstić information content (AvgIpc) is 2.97. The first-order valence-electron chi connectivity index (χ1n) is 7.04. The third-order valence-electron chi connectivity index (χ3n) is 4.45. The maximum absolute atomic E-state index is 14.0. The number of halogens is 2. The van der Waals surface area contributed by atoms with Crippen molar-refractivity contribution in [1.82, 2.24) is 9.80 Å². The molecule has 0 spiro atoms. The van der Waals surface area contributed by atoms with Gasteiger partial charge in [0.25, 0.3) is 0 Å². The number of hydrogen-bond donors (Lipinski definition) is 0. The Labute approximate surface area is 113 Å². The van der Waals surface area contributed by atoms with Crippen LogP contribution in [0.5, 0.6) is 0 Å². The molecule has 0 amide bonds. The van der Waals surface area contributed by atoms with Crippen LogP contribution in [0.2, 0.25) is 0 Å². The van der Waals surface area contributed by atoms with Gasteiger partial charge in [0.05, 0.1) is 0 Å². The lowest BCUT2D eigenvalue weighted by Gasteiger charge is -2.30. The Hall–Kier alpha value is -1.00. The smallest absolute Gasteiger partial charge is 0.130 e. The lowest BCUT2D eigenvalue weighted by Crippen LogP contribution is -2.36. The van der Waals surface area contributed by atoms with E-state index in [2.05, 4.69) is 16.8 Å². The molecular weight excluding hydrogens is 246 g/mol. The summed E-state index contributed by atoms with van der Waals surface area (Å²) in [6, 6.07) is 4.63. The third-order valence-corrected chi connectivity index (χ3v) is 4.45. The van der Waals surface area contributed by atoms with Crippen molar-refractivity contribution in [1.29, 1.82) is 0 Å². The van der Waals surface area contributed by atoms with Crippen molar-refractivity contribution in [2.45, 2.75) is 31.3 Å². The van der Waals surface area contributed by atoms with E-state index in [0.717, 1.165) is 45.0 Å². The molecule has 1 aromatic carbocycles. The lowest BCUT2D eigenvalue weighted by molar-refractivity contribution is 0.179. The normalized spacial score (nSPS) is 29.2. The monoisotopic (exact) mass is 266 g/mol. The van der Waals surface area contributed by atoms with Crippen LogP contribution in [0.3, 0.4) is 0 Å². The Morgan fingerprint density at radius 3 is 2.68 bits per heavy atom. The largest absolute Gasteiger partial charge is 0.305 e. The summed E-state index contributed by atoms with van der Waals surface area (Å²) in [6.07, 6.45) is 3.22. The van der Waals surface area contributed by atoms with Crippen LogP contribution >= 0.6 is 0 Å². The molecule has 0 aliphatic carbocycles. The molecule has 19 heavy (non-hydrogen) atoms. The summed E-state index contributed by atoms with van der Waals surface area (Å²) in [6.45, 7) is 3.19. The molecule has 2 unspecified atom stereocenters. The highest BCUT2D eigenvalue weighted by Crippen LogP contribution is 2.36. The van der Waals surface area contributed by atoms with Crippen molar-refractivity contribution >= 4 is 0 Å². The van der Waals surface area contributed by atoms with Crippen LogP contribution < -0.4 is 0 Å². The highest BCUT2D eigenvalue weighted by Gasteiger charge is 2.35. The number of likely N-dealkylation sites (N-methyl/N-ethyl adjacent to an activating group) is 1. The Kier molecular flexibility index (Phi) is 3.54. The number of hydrogen-bond acceptors (Lipinski definition) is 2. The van der Waals surface area contributed by atoms with E-state index < -0.39 is 11.6 Å². The molecule has 0 bridgehead atoms. The van der Waals surface area contributed by atoms with Crippen LogP contribution in [0.15, 0.2) is 18.2 Å². The zero-order chi connectivity index (χ0) is 13.4. The van der Waals surface area contributed by atoms with Crippen LogP contribution in [-0.4, -0.2) is 42.5 Å². The maximum Gasteiger partial charge on any atom is 0.130 e. The number of benzene rings is 1. The predicted octanol–water partition coefficient (Wildman–Crippen LogP) is 2.81. The molecule has 2 fully saturated rings. The second-order valence-electron chi connectivity index (χ2n) is 5.77. The fraction of sp³-hybridized carbons (Fsp3) is 0.600. The maximum atomic E-state index is 14.0. The summed E-state index contributed by atoms with van der Waals surface area (Å²) in [4.78, 5) is 4.74. The minimum absolute atomic E-state index is 0.122. The quantitative estimate of drug-likeness (QED) is 0.812. The van der Waals surface area contributed by atoms with Crippen LogP contribution in [-0.2, 0) is 0 Å². The van der Waals surface area contributed by atoms with E-state index in [-0.39, 0.29) is 6.04 Å². The Balaban J connectivity index is 1.82. The lowest BCUT2D eigenvalue weighted by atomic mass is 10.0. The van der Waals surface area contributed by atoms with E-state index in [0.29, 0.717) is 11.6 Å². The first kappa shape index (κ1) is 13.0. The van der Waals surface area contributed by atoms with Gasteiger partial charge < -0.3 is 4.90 Å². The Morgan fingerprint density at radius 1 is 1.16 bits per heavy atom. The van der Waals surface area contributed by atoms with E-state index in [4.69, 9.17) is 0 Å². The molecular formula is C15H20F2N2. The van der Waals surface area contributed by atoms with Crippen molar-refractivity contribution in [3.63, 3.8) is 0 Å². The number of rotatable bonds is 2. The molecule has 2 aliphatic rings. The minimum atomic E-state index is -0.494. The standard InChI is InChI=1S/C15H20F2N2/c1-18-8-6-12(10-18)19-7-2-3-15(19)13-5-4-11(16)9-14(13)17/h4-5,9,12,15H,2-3,6-8,10H2,1H3. The van der Waals surface area contributed by atoms with Gasteiger partial charge in [-0.25, -0.2) is 8.78 Å². The Morgan fingerprint density at radius 2 is 2.00 bits per heavy atom. The molecule has 104 valence electrons. The summed E-state index contributed by atoms with van der Waals surface area (Å²) < 4.78 is 27.0. The van der Waals surface area contributed by atoms with Gasteiger partial charge in [-0.2, -0.15) is 0 Å². The van der Waals surface area contributed by atoms with E-state index in [1.165, 1.54) is 6.07 Å². The summed E-state index contributed by atoms with van der Waals surface area (Å²) >= 11 is 0. The van der Waals surface area contributed by atoms with Crippen LogP contribution in [0.1, 0.15) is 30.9 Å². The fourth-order valence-corrected chi connectivity index (χ4v) is 3.51. The van der Waals surface area contributed by atoms with Gasteiger partial charge in [-0.15, -0.1) is 0 Å². The van der Waals surface area contributed by atoms with Gasteiger partial charge >= 0.3 is 0 Å². The van der Waals surface area contributed by atoms with Crippen molar-refractivity contribution < 1.29 is 8.78 Å². The first-order valence-corrected chi connectivity index (χ1v) is 7.04. The van der Waals surface area contributed by atoms with Gasteiger partial charge in [-0.3, -0.25) is 4.90 Å². The number of likely N-dealkylation sites (tertiary alicyclic amines) is 2. The summed E-state index contributed by atoms with van der Waals surface area (Å²) in [5, 5.41) is 0. The van der Waals surface area contributed by atoms with Gasteiger partial charge in [0.2, 0.25) is 0 Å². The second-order valence-corrected chi connectivity index (χ2v) is 5.77.